The minimum Gasteiger partial charge on any atom is -0.395 e. The Morgan fingerprint density at radius 2 is 2.44 bits per heavy atom. The molecule has 1 heterocycles. The lowest BCUT2D eigenvalue weighted by atomic mass is 10.2. The summed E-state index contributed by atoms with van der Waals surface area (Å²) in [4.78, 5) is 13.3. The van der Waals surface area contributed by atoms with Crippen LogP contribution < -0.4 is 5.32 Å². The predicted molar refractivity (Wildman–Crippen MR) is 69.0 cm³/mol. The van der Waals surface area contributed by atoms with Gasteiger partial charge in [0, 0.05) is 37.9 Å². The number of rotatable bonds is 6. The van der Waals surface area contributed by atoms with E-state index in [0.717, 1.165) is 11.3 Å². The van der Waals surface area contributed by atoms with Crippen molar-refractivity contribution < 1.29 is 9.90 Å². The highest BCUT2D eigenvalue weighted by molar-refractivity contribution is 5.74. The highest BCUT2D eigenvalue weighted by atomic mass is 16.3. The molecule has 6 nitrogen and oxygen atoms in total. The average Bonchev–Trinajstić information content (AvgIpc) is 2.67. The van der Waals surface area contributed by atoms with Gasteiger partial charge in [-0.3, -0.25) is 4.68 Å². The normalized spacial score (nSPS) is 10.2. The van der Waals surface area contributed by atoms with Crippen LogP contribution in [0, 0.1) is 6.92 Å². The van der Waals surface area contributed by atoms with Crippen molar-refractivity contribution in [2.75, 3.05) is 19.7 Å². The number of carbonyl (C=O) groups is 1. The molecule has 0 unspecified atom stereocenters. The number of aliphatic hydroxyl groups is 1. The molecule has 0 bridgehead atoms. The average molecular weight is 252 g/mol. The zero-order valence-corrected chi connectivity index (χ0v) is 10.9. The number of aliphatic hydroxyl groups excluding tert-OH is 1. The Hall–Kier alpha value is -1.82. The lowest BCUT2D eigenvalue weighted by Crippen LogP contribution is -2.41. The third-order valence-corrected chi connectivity index (χ3v) is 2.77. The summed E-state index contributed by atoms with van der Waals surface area (Å²) in [5.41, 5.74) is 2.00. The van der Waals surface area contributed by atoms with Crippen LogP contribution in [0.2, 0.25) is 0 Å². The molecular weight excluding hydrogens is 232 g/mol. The Kier molecular flexibility index (Phi) is 5.38. The molecule has 0 aliphatic carbocycles. The summed E-state index contributed by atoms with van der Waals surface area (Å²) in [6.45, 7) is 6.61. The van der Waals surface area contributed by atoms with Gasteiger partial charge < -0.3 is 15.3 Å². The summed E-state index contributed by atoms with van der Waals surface area (Å²) in [6.07, 6.45) is 3.37. The summed E-state index contributed by atoms with van der Waals surface area (Å²) < 4.78 is 1.76. The number of nitrogens with one attached hydrogen (secondary N) is 1. The van der Waals surface area contributed by atoms with E-state index in [4.69, 9.17) is 5.11 Å². The molecule has 0 aromatic carbocycles. The molecule has 0 spiro atoms. The second-order valence-electron chi connectivity index (χ2n) is 4.00. The second-order valence-corrected chi connectivity index (χ2v) is 4.00. The number of urea groups is 1. The van der Waals surface area contributed by atoms with Crippen LogP contribution in [0.5, 0.6) is 0 Å². The van der Waals surface area contributed by atoms with Crippen molar-refractivity contribution in [2.45, 2.75) is 13.5 Å². The van der Waals surface area contributed by atoms with Gasteiger partial charge in [0.05, 0.1) is 12.8 Å². The van der Waals surface area contributed by atoms with Crippen molar-refractivity contribution in [3.8, 4) is 0 Å². The van der Waals surface area contributed by atoms with Gasteiger partial charge in [-0.05, 0) is 6.92 Å². The number of aromatic nitrogens is 2. The van der Waals surface area contributed by atoms with Crippen LogP contribution in [0.1, 0.15) is 11.3 Å². The Balaban J connectivity index is 2.53. The number of aryl methyl sites for hydroxylation is 1. The van der Waals surface area contributed by atoms with Crippen LogP contribution in [-0.4, -0.2) is 45.5 Å². The molecular formula is C12H20N4O2. The fourth-order valence-corrected chi connectivity index (χ4v) is 1.55. The first-order valence-electron chi connectivity index (χ1n) is 5.82. The Morgan fingerprint density at radius 3 is 2.94 bits per heavy atom. The van der Waals surface area contributed by atoms with Crippen LogP contribution in [0.4, 0.5) is 4.79 Å². The van der Waals surface area contributed by atoms with Crippen molar-refractivity contribution in [3.05, 3.63) is 30.1 Å². The van der Waals surface area contributed by atoms with E-state index in [9.17, 15) is 4.79 Å². The van der Waals surface area contributed by atoms with E-state index in [1.54, 1.807) is 17.0 Å². The van der Waals surface area contributed by atoms with Gasteiger partial charge in [0.25, 0.3) is 0 Å². The fourth-order valence-electron chi connectivity index (χ4n) is 1.55. The van der Waals surface area contributed by atoms with E-state index < -0.39 is 0 Å². The van der Waals surface area contributed by atoms with Crippen LogP contribution >= 0.6 is 0 Å². The minimum absolute atomic E-state index is 0.0623. The molecule has 0 aliphatic heterocycles. The van der Waals surface area contributed by atoms with Crippen molar-refractivity contribution in [1.29, 1.82) is 0 Å². The molecule has 0 saturated carbocycles. The van der Waals surface area contributed by atoms with Crippen molar-refractivity contribution in [3.63, 3.8) is 0 Å². The molecule has 1 rings (SSSR count). The van der Waals surface area contributed by atoms with E-state index in [-0.39, 0.29) is 12.6 Å². The summed E-state index contributed by atoms with van der Waals surface area (Å²) in [7, 11) is 1.86. The summed E-state index contributed by atoms with van der Waals surface area (Å²) in [5.74, 6) is 0. The molecule has 18 heavy (non-hydrogen) atoms. The van der Waals surface area contributed by atoms with E-state index in [1.165, 1.54) is 4.90 Å². The number of hydrogen-bond acceptors (Lipinski definition) is 3. The molecule has 0 aliphatic rings. The number of hydrogen-bond donors (Lipinski definition) is 2. The molecule has 0 radical (unpaired) electrons. The third kappa shape index (κ3) is 3.59. The maximum Gasteiger partial charge on any atom is 0.318 e. The van der Waals surface area contributed by atoms with Gasteiger partial charge in [-0.15, -0.1) is 6.58 Å². The number of amides is 2. The van der Waals surface area contributed by atoms with Crippen molar-refractivity contribution in [2.24, 2.45) is 7.05 Å². The Labute approximate surface area is 107 Å². The fraction of sp³-hybridized carbons (Fsp3) is 0.500. The molecule has 100 valence electrons. The molecule has 0 fully saturated rings. The van der Waals surface area contributed by atoms with Gasteiger partial charge >= 0.3 is 6.03 Å². The SMILES string of the molecule is C=CCN(CCO)C(=O)NCc1cnn(C)c1C. The first-order valence-corrected chi connectivity index (χ1v) is 5.82. The second kappa shape index (κ2) is 6.80. The molecule has 1 aromatic rings. The maximum absolute atomic E-state index is 11.8. The smallest absolute Gasteiger partial charge is 0.318 e. The topological polar surface area (TPSA) is 70.4 Å². The van der Waals surface area contributed by atoms with E-state index in [1.807, 2.05) is 14.0 Å². The molecule has 2 N–H and O–H groups in total. The highest BCUT2D eigenvalue weighted by Crippen LogP contribution is 2.05. The van der Waals surface area contributed by atoms with Crippen LogP contribution in [0.25, 0.3) is 0 Å². The molecule has 0 saturated heterocycles. The molecule has 0 atom stereocenters. The zero-order chi connectivity index (χ0) is 13.5. The summed E-state index contributed by atoms with van der Waals surface area (Å²) in [6, 6.07) is -0.216. The van der Waals surface area contributed by atoms with Gasteiger partial charge in [0.1, 0.15) is 0 Å². The largest absolute Gasteiger partial charge is 0.395 e. The van der Waals surface area contributed by atoms with Gasteiger partial charge in [-0.2, -0.15) is 5.10 Å². The molecule has 1 aromatic heterocycles. The lowest BCUT2D eigenvalue weighted by Gasteiger charge is -2.20. The first kappa shape index (κ1) is 14.2. The van der Waals surface area contributed by atoms with E-state index in [2.05, 4.69) is 17.0 Å². The van der Waals surface area contributed by atoms with Gasteiger partial charge in [0.15, 0.2) is 0 Å². The zero-order valence-electron chi connectivity index (χ0n) is 10.9. The standard InChI is InChI=1S/C12H20N4O2/c1-4-5-16(6-7-17)12(18)13-8-11-9-14-15(3)10(11)2/h4,9,17H,1,5-8H2,2-3H3,(H,13,18). The third-order valence-electron chi connectivity index (χ3n) is 2.77. The first-order chi connectivity index (χ1) is 8.60. The maximum atomic E-state index is 11.8. The van der Waals surface area contributed by atoms with Crippen LogP contribution in [0.15, 0.2) is 18.9 Å². The number of carbonyl (C=O) groups excluding carboxylic acids is 1. The lowest BCUT2D eigenvalue weighted by molar-refractivity contribution is 0.183. The van der Waals surface area contributed by atoms with E-state index in [0.29, 0.717) is 19.6 Å². The van der Waals surface area contributed by atoms with Gasteiger partial charge in [-0.1, -0.05) is 6.08 Å². The van der Waals surface area contributed by atoms with Gasteiger partial charge in [0.2, 0.25) is 0 Å². The van der Waals surface area contributed by atoms with Crippen molar-refractivity contribution >= 4 is 6.03 Å². The number of nitrogens with zero attached hydrogens (tertiary/aromatic N) is 3. The van der Waals surface area contributed by atoms with Crippen molar-refractivity contribution in [1.82, 2.24) is 20.0 Å². The quantitative estimate of drug-likeness (QED) is 0.721. The predicted octanol–water partition coefficient (Wildman–Crippen LogP) is 0.418. The summed E-state index contributed by atoms with van der Waals surface area (Å²) in [5, 5.41) is 15.8. The van der Waals surface area contributed by atoms with Crippen LogP contribution in [0.3, 0.4) is 0 Å². The molecule has 6 heteroatoms. The van der Waals surface area contributed by atoms with E-state index >= 15 is 0 Å². The Morgan fingerprint density at radius 1 is 1.72 bits per heavy atom. The summed E-state index contributed by atoms with van der Waals surface area (Å²) >= 11 is 0. The Bertz CT molecular complexity index is 414. The van der Waals surface area contributed by atoms with Gasteiger partial charge in [-0.25, -0.2) is 4.79 Å². The minimum atomic E-state index is -0.216. The molecule has 2 amide bonds. The monoisotopic (exact) mass is 252 g/mol. The van der Waals surface area contributed by atoms with Crippen LogP contribution in [-0.2, 0) is 13.6 Å². The highest BCUT2D eigenvalue weighted by Gasteiger charge is 2.12.